The molecule has 4 radical (unpaired) electrons. The van der Waals surface area contributed by atoms with E-state index in [1.807, 2.05) is 4.90 Å². The number of amides is 1. The Kier molecular flexibility index (Phi) is 10.5. The molecule has 7 heteroatoms. The third kappa shape index (κ3) is 6.99. The molecule has 4 nitrogen and oxygen atoms in total. The van der Waals surface area contributed by atoms with Crippen molar-refractivity contribution in [1.29, 1.82) is 0 Å². The first kappa shape index (κ1) is 25.9. The molecule has 2 aliphatic heterocycles. The van der Waals surface area contributed by atoms with E-state index in [1.54, 1.807) is 0 Å². The Labute approximate surface area is 196 Å². The van der Waals surface area contributed by atoms with Crippen molar-refractivity contribution < 1.29 is 39.1 Å². The quantitative estimate of drug-likeness (QED) is 0.563. The van der Waals surface area contributed by atoms with Crippen molar-refractivity contribution in [2.45, 2.75) is 64.3 Å². The van der Waals surface area contributed by atoms with Crippen molar-refractivity contribution in [2.24, 2.45) is 5.92 Å². The molecule has 2 atom stereocenters. The van der Waals surface area contributed by atoms with Gasteiger partial charge >= 0.3 is 29.6 Å². The van der Waals surface area contributed by atoms with Crippen LogP contribution in [0.5, 0.6) is 0 Å². The molecule has 1 N–H and O–H groups in total. The standard InChI is InChI=1S/C21H34N2O2Si.B.Na/c1-16-5-8-19(22-14-16)17-6-9-20-18(13-17)7-10-21(24)23(20)15-25-11-12-26(2,3)4;;/h6,9,13,16,19,22H,5,7-8,10-12,14-15H2,1-4H3;;/q;-1;+1. The Morgan fingerprint density at radius 2 is 1.96 bits per heavy atom. The van der Waals surface area contributed by atoms with Crippen molar-refractivity contribution in [3.8, 4) is 0 Å². The normalized spacial score (nSPS) is 22.1. The van der Waals surface area contributed by atoms with Gasteiger partial charge in [-0.25, -0.2) is 0 Å². The second kappa shape index (κ2) is 11.3. The number of piperidine rings is 1. The van der Waals surface area contributed by atoms with E-state index in [0.29, 0.717) is 19.2 Å². The summed E-state index contributed by atoms with van der Waals surface area (Å²) in [4.78, 5) is 14.2. The fourth-order valence-electron chi connectivity index (χ4n) is 3.76. The first-order chi connectivity index (χ1) is 12.3. The Hall–Kier alpha value is -0.108. The number of benzene rings is 1. The third-order valence-corrected chi connectivity index (χ3v) is 7.29. The molecule has 2 unspecified atom stereocenters. The van der Waals surface area contributed by atoms with E-state index in [-0.39, 0.29) is 43.9 Å². The molecular weight excluding hydrogens is 374 g/mol. The van der Waals surface area contributed by atoms with Crippen LogP contribution in [0.1, 0.15) is 43.4 Å². The molecular formula is C21H34BN2NaO2Si. The fraction of sp³-hybridized carbons (Fsp3) is 0.667. The summed E-state index contributed by atoms with van der Waals surface area (Å²) in [6.45, 7) is 11.6. The molecule has 28 heavy (non-hydrogen) atoms. The summed E-state index contributed by atoms with van der Waals surface area (Å²) in [6, 6.07) is 8.22. The van der Waals surface area contributed by atoms with E-state index in [1.165, 1.54) is 24.0 Å². The summed E-state index contributed by atoms with van der Waals surface area (Å²) in [5, 5.41) is 3.67. The molecule has 1 saturated heterocycles. The molecule has 0 bridgehead atoms. The van der Waals surface area contributed by atoms with Gasteiger partial charge in [-0.1, -0.05) is 38.7 Å². The van der Waals surface area contributed by atoms with Crippen LogP contribution in [0, 0.1) is 5.92 Å². The van der Waals surface area contributed by atoms with Crippen LogP contribution in [0.2, 0.25) is 25.7 Å². The van der Waals surface area contributed by atoms with Crippen molar-refractivity contribution in [2.75, 3.05) is 24.8 Å². The zero-order chi connectivity index (χ0) is 18.7. The van der Waals surface area contributed by atoms with Crippen LogP contribution < -0.4 is 39.8 Å². The zero-order valence-electron chi connectivity index (χ0n) is 18.4. The number of carbonyl (C=O) groups is 1. The number of nitrogens with one attached hydrogen (secondary N) is 1. The summed E-state index contributed by atoms with van der Waals surface area (Å²) >= 11 is 0. The maximum atomic E-state index is 12.4. The van der Waals surface area contributed by atoms with Gasteiger partial charge in [-0.05, 0) is 55.0 Å². The van der Waals surface area contributed by atoms with Crippen molar-refractivity contribution in [3.05, 3.63) is 29.3 Å². The molecule has 0 spiro atoms. The first-order valence-electron chi connectivity index (χ1n) is 10.1. The predicted molar refractivity (Wildman–Crippen MR) is 116 cm³/mol. The molecule has 1 amide bonds. The van der Waals surface area contributed by atoms with Gasteiger partial charge in [0.25, 0.3) is 0 Å². The molecule has 1 fully saturated rings. The van der Waals surface area contributed by atoms with Gasteiger partial charge in [0.15, 0.2) is 0 Å². The summed E-state index contributed by atoms with van der Waals surface area (Å²) < 4.78 is 5.86. The van der Waals surface area contributed by atoms with Crippen LogP contribution in [0.4, 0.5) is 5.69 Å². The van der Waals surface area contributed by atoms with Gasteiger partial charge in [0.2, 0.25) is 5.91 Å². The second-order valence-corrected chi connectivity index (χ2v) is 14.8. The number of aryl methyl sites for hydroxylation is 1. The Morgan fingerprint density at radius 3 is 2.61 bits per heavy atom. The summed E-state index contributed by atoms with van der Waals surface area (Å²) in [5.41, 5.74) is 3.70. The molecule has 0 aliphatic carbocycles. The first-order valence-corrected chi connectivity index (χ1v) is 13.8. The average Bonchev–Trinajstić information content (AvgIpc) is 2.59. The maximum absolute atomic E-state index is 12.4. The van der Waals surface area contributed by atoms with Gasteiger partial charge < -0.3 is 18.5 Å². The minimum absolute atomic E-state index is 0. The number of hydrogen-bond acceptors (Lipinski definition) is 3. The number of hydrogen-bond donors (Lipinski definition) is 1. The fourth-order valence-corrected chi connectivity index (χ4v) is 4.51. The number of anilines is 1. The SMILES string of the molecule is CC1CCC(c2ccc3c(c2)CCC(=O)N3COCC[Si](C)(C)C)NC1.[B-].[Na+]. The van der Waals surface area contributed by atoms with E-state index < -0.39 is 8.07 Å². The van der Waals surface area contributed by atoms with Crippen molar-refractivity contribution in [3.63, 3.8) is 0 Å². The molecule has 2 heterocycles. The van der Waals surface area contributed by atoms with E-state index in [9.17, 15) is 4.79 Å². The van der Waals surface area contributed by atoms with Crippen LogP contribution in [-0.4, -0.2) is 42.3 Å². The van der Waals surface area contributed by atoms with E-state index in [2.05, 4.69) is 50.1 Å². The molecule has 1 aromatic rings. The predicted octanol–water partition coefficient (Wildman–Crippen LogP) is 0.962. The Bertz CT molecular complexity index is 646. The van der Waals surface area contributed by atoms with Crippen molar-refractivity contribution in [1.82, 2.24) is 5.32 Å². The van der Waals surface area contributed by atoms with Crippen molar-refractivity contribution >= 4 is 28.1 Å². The molecule has 148 valence electrons. The second-order valence-electron chi connectivity index (χ2n) is 9.20. The number of rotatable bonds is 6. The monoisotopic (exact) mass is 408 g/mol. The summed E-state index contributed by atoms with van der Waals surface area (Å²) in [6.07, 6.45) is 3.91. The van der Waals surface area contributed by atoms with Gasteiger partial charge in [0, 0.05) is 32.8 Å². The minimum atomic E-state index is -1.10. The zero-order valence-corrected chi connectivity index (χ0v) is 21.4. The number of carbonyl (C=O) groups excluding carboxylic acids is 1. The largest absolute Gasteiger partial charge is 1.00 e. The Balaban J connectivity index is 0.00000196. The minimum Gasteiger partial charge on any atom is -1.00 e. The third-order valence-electron chi connectivity index (χ3n) is 5.58. The van der Waals surface area contributed by atoms with Gasteiger partial charge in [-0.3, -0.25) is 9.69 Å². The number of ether oxygens (including phenoxy) is 1. The molecule has 3 rings (SSSR count). The average molecular weight is 408 g/mol. The van der Waals surface area contributed by atoms with Crippen LogP contribution in [0.15, 0.2) is 18.2 Å². The van der Waals surface area contributed by atoms with Gasteiger partial charge in [0.05, 0.1) is 0 Å². The summed E-state index contributed by atoms with van der Waals surface area (Å²) in [7, 11) is -1.10. The van der Waals surface area contributed by atoms with E-state index in [4.69, 9.17) is 4.74 Å². The van der Waals surface area contributed by atoms with Gasteiger partial charge in [-0.15, -0.1) is 0 Å². The number of nitrogens with zero attached hydrogens (tertiary/aromatic N) is 1. The van der Waals surface area contributed by atoms with Crippen LogP contribution in [0.3, 0.4) is 0 Å². The van der Waals surface area contributed by atoms with E-state index >= 15 is 0 Å². The van der Waals surface area contributed by atoms with Crippen LogP contribution in [-0.2, 0) is 16.0 Å². The maximum Gasteiger partial charge on any atom is 1.00 e. The Morgan fingerprint density at radius 1 is 1.21 bits per heavy atom. The van der Waals surface area contributed by atoms with E-state index in [0.717, 1.165) is 37.2 Å². The molecule has 0 saturated carbocycles. The smallest absolute Gasteiger partial charge is 1.00 e. The molecule has 0 aromatic heterocycles. The number of fused-ring (bicyclic) bond motifs is 1. The molecule has 2 aliphatic rings. The topological polar surface area (TPSA) is 41.6 Å². The summed E-state index contributed by atoms with van der Waals surface area (Å²) in [5.74, 6) is 0.952. The molecule has 1 aromatic carbocycles. The van der Waals surface area contributed by atoms with Gasteiger partial charge in [0.1, 0.15) is 6.73 Å². The van der Waals surface area contributed by atoms with Crippen LogP contribution in [0.25, 0.3) is 0 Å². The van der Waals surface area contributed by atoms with Gasteiger partial charge in [-0.2, -0.15) is 0 Å². The van der Waals surface area contributed by atoms with Crippen LogP contribution >= 0.6 is 0 Å².